The minimum Gasteiger partial charge on any atom is -0.326 e. The van der Waals surface area contributed by atoms with E-state index in [1.54, 1.807) is 25.1 Å². The molecule has 3 rings (SSSR count). The summed E-state index contributed by atoms with van der Waals surface area (Å²) in [4.78, 5) is 50.3. The van der Waals surface area contributed by atoms with Crippen LogP contribution in [0.5, 0.6) is 0 Å². The van der Waals surface area contributed by atoms with E-state index in [9.17, 15) is 19.2 Å². The zero-order valence-corrected chi connectivity index (χ0v) is 17.3. The molecule has 0 aliphatic carbocycles. The fraction of sp³-hybridized carbons (Fsp3) is 0.200. The van der Waals surface area contributed by atoms with E-state index in [2.05, 4.69) is 10.6 Å². The zero-order valence-electron chi connectivity index (χ0n) is 15.8. The van der Waals surface area contributed by atoms with Gasteiger partial charge in [0, 0.05) is 18.3 Å². The Bertz CT molecular complexity index is 1030. The third kappa shape index (κ3) is 3.83. The smallest absolute Gasteiger partial charge is 0.262 e. The number of fused-ring (bicyclic) bond motifs is 1. The molecule has 2 N–H and O–H groups in total. The first-order valence-electron chi connectivity index (χ1n) is 8.66. The van der Waals surface area contributed by atoms with Crippen LogP contribution in [0.4, 0.5) is 11.4 Å². The van der Waals surface area contributed by atoms with Crippen LogP contribution >= 0.6 is 23.2 Å². The van der Waals surface area contributed by atoms with Crippen molar-refractivity contribution in [2.24, 2.45) is 0 Å². The lowest BCUT2D eigenvalue weighted by atomic mass is 10.1. The summed E-state index contributed by atoms with van der Waals surface area (Å²) in [5.74, 6) is -2.03. The van der Waals surface area contributed by atoms with Gasteiger partial charge in [-0.05, 0) is 43.7 Å². The highest BCUT2D eigenvalue weighted by Gasteiger charge is 2.41. The highest BCUT2D eigenvalue weighted by Crippen LogP contribution is 2.32. The maximum absolute atomic E-state index is 12.8. The van der Waals surface area contributed by atoms with Gasteiger partial charge in [-0.3, -0.25) is 24.1 Å². The molecule has 0 aromatic heterocycles. The van der Waals surface area contributed by atoms with Gasteiger partial charge < -0.3 is 10.6 Å². The number of hydrogen-bond acceptors (Lipinski definition) is 4. The van der Waals surface area contributed by atoms with E-state index in [4.69, 9.17) is 23.2 Å². The Kier molecular flexibility index (Phi) is 5.64. The lowest BCUT2D eigenvalue weighted by Crippen LogP contribution is -2.45. The SMILES string of the molecule is CC(=O)Nc1cccc(NC(=O)[C@@H](C)N2C(=O)c3cc(Cl)c(Cl)cc3C2=O)c1C. The van der Waals surface area contributed by atoms with E-state index in [-0.39, 0.29) is 27.1 Å². The molecule has 0 fully saturated rings. The summed E-state index contributed by atoms with van der Waals surface area (Å²) in [6.07, 6.45) is 0. The molecule has 7 nitrogen and oxygen atoms in total. The molecule has 150 valence electrons. The maximum Gasteiger partial charge on any atom is 0.262 e. The lowest BCUT2D eigenvalue weighted by molar-refractivity contribution is -0.119. The number of hydrogen-bond donors (Lipinski definition) is 2. The molecule has 1 aliphatic rings. The van der Waals surface area contributed by atoms with Crippen molar-refractivity contribution in [3.8, 4) is 0 Å². The Labute approximate surface area is 177 Å². The number of imide groups is 1. The van der Waals surface area contributed by atoms with Gasteiger partial charge in [0.1, 0.15) is 6.04 Å². The van der Waals surface area contributed by atoms with Gasteiger partial charge in [-0.15, -0.1) is 0 Å². The molecule has 0 saturated carbocycles. The predicted molar refractivity (Wildman–Crippen MR) is 111 cm³/mol. The van der Waals surface area contributed by atoms with Crippen molar-refractivity contribution in [3.05, 3.63) is 57.1 Å². The summed E-state index contributed by atoms with van der Waals surface area (Å²) in [7, 11) is 0. The summed E-state index contributed by atoms with van der Waals surface area (Å²) in [6.45, 7) is 4.57. The minimum atomic E-state index is -1.08. The molecule has 0 spiro atoms. The third-order valence-corrected chi connectivity index (χ3v) is 5.35. The molecule has 4 amide bonds. The van der Waals surface area contributed by atoms with E-state index in [0.717, 1.165) is 4.90 Å². The third-order valence-electron chi connectivity index (χ3n) is 4.63. The molecule has 0 unspecified atom stereocenters. The minimum absolute atomic E-state index is 0.105. The van der Waals surface area contributed by atoms with Crippen LogP contribution in [0.3, 0.4) is 0 Å². The molecule has 1 heterocycles. The van der Waals surface area contributed by atoms with E-state index < -0.39 is 23.8 Å². The number of anilines is 2. The van der Waals surface area contributed by atoms with Crippen LogP contribution in [0, 0.1) is 6.92 Å². The van der Waals surface area contributed by atoms with E-state index in [1.165, 1.54) is 26.0 Å². The lowest BCUT2D eigenvalue weighted by Gasteiger charge is -2.22. The largest absolute Gasteiger partial charge is 0.326 e. The Balaban J connectivity index is 1.84. The van der Waals surface area contributed by atoms with E-state index >= 15 is 0 Å². The Morgan fingerprint density at radius 3 is 1.93 bits per heavy atom. The summed E-state index contributed by atoms with van der Waals surface area (Å²) in [6, 6.07) is 6.60. The molecular formula is C20H17Cl2N3O4. The molecule has 1 atom stereocenters. The fourth-order valence-corrected chi connectivity index (χ4v) is 3.38. The highest BCUT2D eigenvalue weighted by molar-refractivity contribution is 6.43. The monoisotopic (exact) mass is 433 g/mol. The second-order valence-electron chi connectivity index (χ2n) is 6.62. The van der Waals surface area contributed by atoms with Crippen LogP contribution in [0.25, 0.3) is 0 Å². The molecule has 29 heavy (non-hydrogen) atoms. The number of amides is 4. The second kappa shape index (κ2) is 7.85. The quantitative estimate of drug-likeness (QED) is 0.714. The van der Waals surface area contributed by atoms with Crippen LogP contribution < -0.4 is 10.6 Å². The highest BCUT2D eigenvalue weighted by atomic mass is 35.5. The second-order valence-corrected chi connectivity index (χ2v) is 7.43. The maximum atomic E-state index is 12.8. The number of halogens is 2. The number of carbonyl (C=O) groups is 4. The molecule has 0 saturated heterocycles. The van der Waals surface area contributed by atoms with Gasteiger partial charge in [-0.1, -0.05) is 29.3 Å². The van der Waals surface area contributed by atoms with Crippen molar-refractivity contribution in [2.75, 3.05) is 10.6 Å². The first-order valence-corrected chi connectivity index (χ1v) is 9.42. The first-order chi connectivity index (χ1) is 13.6. The van der Waals surface area contributed by atoms with Gasteiger partial charge >= 0.3 is 0 Å². The normalized spacial score (nSPS) is 13.9. The van der Waals surface area contributed by atoms with Crippen LogP contribution in [0.2, 0.25) is 10.0 Å². The van der Waals surface area contributed by atoms with Gasteiger partial charge in [0.25, 0.3) is 11.8 Å². The average Bonchev–Trinajstić information content (AvgIpc) is 2.88. The number of benzene rings is 2. The van der Waals surface area contributed by atoms with Gasteiger partial charge in [0.15, 0.2) is 0 Å². The molecule has 1 aliphatic heterocycles. The number of carbonyl (C=O) groups excluding carboxylic acids is 4. The molecule has 9 heteroatoms. The Morgan fingerprint density at radius 1 is 0.966 bits per heavy atom. The number of nitrogens with zero attached hydrogens (tertiary/aromatic N) is 1. The summed E-state index contributed by atoms with van der Waals surface area (Å²) >= 11 is 11.9. The Hall–Kier alpha value is -2.90. The van der Waals surface area contributed by atoms with Crippen molar-refractivity contribution in [1.29, 1.82) is 0 Å². The zero-order chi connectivity index (χ0) is 21.5. The van der Waals surface area contributed by atoms with Crippen LogP contribution in [0.15, 0.2) is 30.3 Å². The molecule has 0 bridgehead atoms. The van der Waals surface area contributed by atoms with Gasteiger partial charge in [-0.2, -0.15) is 0 Å². The van der Waals surface area contributed by atoms with Crippen molar-refractivity contribution in [3.63, 3.8) is 0 Å². The predicted octanol–water partition coefficient (Wildman–Crippen LogP) is 3.88. The average molecular weight is 434 g/mol. The Morgan fingerprint density at radius 2 is 1.45 bits per heavy atom. The summed E-state index contributed by atoms with van der Waals surface area (Å²) < 4.78 is 0. The fourth-order valence-electron chi connectivity index (χ4n) is 3.05. The van der Waals surface area contributed by atoms with Crippen molar-refractivity contribution in [1.82, 2.24) is 4.90 Å². The van der Waals surface area contributed by atoms with Crippen molar-refractivity contribution >= 4 is 58.2 Å². The van der Waals surface area contributed by atoms with Gasteiger partial charge in [0.2, 0.25) is 11.8 Å². The molecule has 0 radical (unpaired) electrons. The van der Waals surface area contributed by atoms with Crippen LogP contribution in [-0.4, -0.2) is 34.6 Å². The molecular weight excluding hydrogens is 417 g/mol. The van der Waals surface area contributed by atoms with E-state index in [0.29, 0.717) is 16.9 Å². The van der Waals surface area contributed by atoms with Gasteiger partial charge in [0.05, 0.1) is 21.2 Å². The van der Waals surface area contributed by atoms with Crippen LogP contribution in [0.1, 0.15) is 40.1 Å². The number of rotatable bonds is 4. The van der Waals surface area contributed by atoms with Crippen molar-refractivity contribution in [2.45, 2.75) is 26.8 Å². The topological polar surface area (TPSA) is 95.6 Å². The van der Waals surface area contributed by atoms with Gasteiger partial charge in [-0.25, -0.2) is 0 Å². The molecule has 2 aromatic carbocycles. The number of nitrogens with one attached hydrogen (secondary N) is 2. The van der Waals surface area contributed by atoms with E-state index in [1.807, 2.05) is 0 Å². The standard InChI is InChI=1S/C20H17Cl2N3O4/c1-9-16(23-11(3)26)5-4-6-17(9)24-18(27)10(2)25-19(28)12-7-14(21)15(22)8-13(12)20(25)29/h4-8,10H,1-3H3,(H,23,26)(H,24,27)/t10-/m1/s1. The molecule has 2 aromatic rings. The van der Waals surface area contributed by atoms with Crippen molar-refractivity contribution < 1.29 is 19.2 Å². The summed E-state index contributed by atoms with van der Waals surface area (Å²) in [5, 5.41) is 5.67. The van der Waals surface area contributed by atoms with Crippen LogP contribution in [-0.2, 0) is 9.59 Å². The first kappa shape index (κ1) is 20.8. The summed E-state index contributed by atoms with van der Waals surface area (Å²) in [5.41, 5.74) is 1.86.